The molecule has 0 aliphatic carbocycles. The monoisotopic (exact) mass is 354 g/mol. The number of quaternary nitrogens is 1. The second-order valence-electron chi connectivity index (χ2n) is 5.97. The molecule has 0 aliphatic rings. The van der Waals surface area contributed by atoms with Crippen molar-refractivity contribution < 1.29 is 27.3 Å². The summed E-state index contributed by atoms with van der Waals surface area (Å²) in [4.78, 5) is 11.8. The van der Waals surface area contributed by atoms with E-state index in [0.717, 1.165) is 17.4 Å². The largest absolute Gasteiger partial charge is 0.513 e. The molecule has 0 spiro atoms. The lowest BCUT2D eigenvalue weighted by atomic mass is 10.5. The maximum atomic E-state index is 11.7. The van der Waals surface area contributed by atoms with Crippen LogP contribution >= 0.6 is 11.8 Å². The number of thioether (sulfide) groups is 1. The van der Waals surface area contributed by atoms with Crippen LogP contribution in [0, 0.1) is 0 Å². The molecule has 8 heteroatoms. The molecule has 0 aromatic carbocycles. The molecule has 0 fully saturated rings. The number of hydrogen-bond acceptors (Lipinski definition) is 6. The second kappa shape index (κ2) is 10.6. The predicted octanol–water partition coefficient (Wildman–Crippen LogP) is 1.56. The molecule has 132 valence electrons. The third-order valence-electron chi connectivity index (χ3n) is 3.27. The molecule has 6 nitrogen and oxygen atoms in total. The molecule has 0 radical (unpaired) electrons. The molecular weight excluding hydrogens is 322 g/mol. The highest BCUT2D eigenvalue weighted by atomic mass is 32.2. The van der Waals surface area contributed by atoms with Crippen molar-refractivity contribution in [1.82, 2.24) is 0 Å². The molecule has 0 aliphatic heterocycles. The van der Waals surface area contributed by atoms with E-state index < -0.39 is 8.80 Å². The van der Waals surface area contributed by atoms with Crippen LogP contribution in [-0.4, -0.2) is 85.5 Å². The fourth-order valence-corrected chi connectivity index (χ4v) is 6.53. The summed E-state index contributed by atoms with van der Waals surface area (Å²) in [6, 6.07) is 0. The minimum atomic E-state index is -2.66. The molecule has 0 amide bonds. The minimum absolute atomic E-state index is 0.117. The highest BCUT2D eigenvalue weighted by Gasteiger charge is 2.46. The number of ether oxygens (including phenoxy) is 1. The Morgan fingerprint density at radius 2 is 1.68 bits per heavy atom. The molecule has 0 bridgehead atoms. The maximum absolute atomic E-state index is 11.7. The SMILES string of the molecule is CCC(SCCC(=O)OCC[N+](C)(C)C)[Si](OC)(OC)OC. The van der Waals surface area contributed by atoms with Gasteiger partial charge in [-0.1, -0.05) is 6.92 Å². The third kappa shape index (κ3) is 7.93. The number of esters is 1. The van der Waals surface area contributed by atoms with Gasteiger partial charge in [-0.2, -0.15) is 11.8 Å². The highest BCUT2D eigenvalue weighted by molar-refractivity contribution is 8.01. The van der Waals surface area contributed by atoms with Gasteiger partial charge < -0.3 is 22.5 Å². The van der Waals surface area contributed by atoms with Gasteiger partial charge in [0.2, 0.25) is 0 Å². The first-order valence-electron chi connectivity index (χ1n) is 7.47. The molecule has 0 N–H and O–H groups in total. The fourth-order valence-electron chi connectivity index (χ4n) is 1.90. The molecule has 0 heterocycles. The van der Waals surface area contributed by atoms with Crippen molar-refractivity contribution in [2.75, 3.05) is 61.4 Å². The van der Waals surface area contributed by atoms with Crippen LogP contribution in [0.3, 0.4) is 0 Å². The first-order valence-corrected chi connectivity index (χ1v) is 10.3. The summed E-state index contributed by atoms with van der Waals surface area (Å²) in [6.07, 6.45) is 1.25. The standard InChI is InChI=1S/C14H32NO5SSi/c1-8-14(22(17-5,18-6)19-7)21-12-9-13(16)20-11-10-15(2,3)4/h14H,8-12H2,1-7H3/q+1. The van der Waals surface area contributed by atoms with Crippen LogP contribution in [0.1, 0.15) is 19.8 Å². The van der Waals surface area contributed by atoms with Crippen LogP contribution in [-0.2, 0) is 22.8 Å². The van der Waals surface area contributed by atoms with Gasteiger partial charge in [-0.3, -0.25) is 4.79 Å². The number of nitrogens with zero attached hydrogens (tertiary/aromatic N) is 1. The summed E-state index contributed by atoms with van der Waals surface area (Å²) in [5.74, 6) is 0.516. The number of hydrogen-bond donors (Lipinski definition) is 0. The van der Waals surface area contributed by atoms with Gasteiger partial charge >= 0.3 is 14.8 Å². The molecular formula is C14H32NO5SSi+. The molecule has 22 heavy (non-hydrogen) atoms. The van der Waals surface area contributed by atoms with Crippen molar-refractivity contribution in [2.24, 2.45) is 0 Å². The highest BCUT2D eigenvalue weighted by Crippen LogP contribution is 2.27. The van der Waals surface area contributed by atoms with E-state index in [1.54, 1.807) is 33.1 Å². The fraction of sp³-hybridized carbons (Fsp3) is 0.929. The van der Waals surface area contributed by atoms with Crippen LogP contribution < -0.4 is 0 Å². The Bertz CT molecular complexity index is 313. The molecule has 0 aromatic heterocycles. The third-order valence-corrected chi connectivity index (χ3v) is 8.71. The molecule has 0 saturated heterocycles. The number of carbonyl (C=O) groups excluding carboxylic acids is 1. The van der Waals surface area contributed by atoms with Crippen molar-refractivity contribution >= 4 is 26.5 Å². The van der Waals surface area contributed by atoms with Gasteiger partial charge in [-0.05, 0) is 6.42 Å². The minimum Gasteiger partial charge on any atom is -0.460 e. The topological polar surface area (TPSA) is 54.0 Å². The molecule has 0 saturated carbocycles. The van der Waals surface area contributed by atoms with Gasteiger partial charge in [-0.25, -0.2) is 0 Å². The van der Waals surface area contributed by atoms with Crippen LogP contribution in [0.25, 0.3) is 0 Å². The van der Waals surface area contributed by atoms with E-state index in [2.05, 4.69) is 28.1 Å². The lowest BCUT2D eigenvalue weighted by molar-refractivity contribution is -0.870. The van der Waals surface area contributed by atoms with E-state index in [4.69, 9.17) is 18.0 Å². The molecule has 1 atom stereocenters. The summed E-state index contributed by atoms with van der Waals surface area (Å²) < 4.78 is 22.5. The van der Waals surface area contributed by atoms with Crippen LogP contribution in [0.15, 0.2) is 0 Å². The van der Waals surface area contributed by atoms with Crippen molar-refractivity contribution in [3.63, 3.8) is 0 Å². The van der Waals surface area contributed by atoms with E-state index in [0.29, 0.717) is 18.8 Å². The van der Waals surface area contributed by atoms with Crippen molar-refractivity contribution in [3.05, 3.63) is 0 Å². The first-order chi connectivity index (χ1) is 10.2. The maximum Gasteiger partial charge on any atom is 0.513 e. The van der Waals surface area contributed by atoms with Crippen molar-refractivity contribution in [1.29, 1.82) is 0 Å². The van der Waals surface area contributed by atoms with E-state index >= 15 is 0 Å². The van der Waals surface area contributed by atoms with Crippen LogP contribution in [0.4, 0.5) is 0 Å². The Morgan fingerprint density at radius 3 is 2.09 bits per heavy atom. The van der Waals surface area contributed by atoms with E-state index in [1.165, 1.54) is 0 Å². The summed E-state index contributed by atoms with van der Waals surface area (Å²) >= 11 is 1.65. The predicted molar refractivity (Wildman–Crippen MR) is 91.8 cm³/mol. The Balaban J connectivity index is 4.17. The summed E-state index contributed by atoms with van der Waals surface area (Å²) in [7, 11) is 8.39. The van der Waals surface area contributed by atoms with Crippen LogP contribution in [0.5, 0.6) is 0 Å². The number of likely N-dealkylation sites (N-methyl/N-ethyl adjacent to an activating group) is 1. The van der Waals surface area contributed by atoms with Gasteiger partial charge in [0, 0.05) is 27.1 Å². The Hall–Kier alpha value is -0.123. The van der Waals surface area contributed by atoms with Crippen LogP contribution in [0.2, 0.25) is 0 Å². The quantitative estimate of drug-likeness (QED) is 0.301. The van der Waals surface area contributed by atoms with Gasteiger partial charge in [-0.15, -0.1) is 0 Å². The molecule has 0 aromatic rings. The van der Waals surface area contributed by atoms with Gasteiger partial charge in [0.25, 0.3) is 0 Å². The normalized spacial score (nSPS) is 14.0. The summed E-state index contributed by atoms with van der Waals surface area (Å²) in [5, 5.41) is 0. The van der Waals surface area contributed by atoms with E-state index in [9.17, 15) is 4.79 Å². The average molecular weight is 355 g/mol. The lowest BCUT2D eigenvalue weighted by Crippen LogP contribution is -2.52. The van der Waals surface area contributed by atoms with Gasteiger partial charge in [0.05, 0.1) is 32.4 Å². The zero-order chi connectivity index (χ0) is 17.2. The van der Waals surface area contributed by atoms with E-state index in [1.807, 2.05) is 0 Å². The number of carbonyl (C=O) groups is 1. The summed E-state index contributed by atoms with van der Waals surface area (Å²) in [6.45, 7) is 3.33. The second-order valence-corrected chi connectivity index (χ2v) is 10.8. The van der Waals surface area contributed by atoms with Crippen molar-refractivity contribution in [3.8, 4) is 0 Å². The first kappa shape index (κ1) is 21.9. The Kier molecular flexibility index (Phi) is 10.6. The Morgan fingerprint density at radius 1 is 1.14 bits per heavy atom. The molecule has 1 unspecified atom stereocenters. The summed E-state index contributed by atoms with van der Waals surface area (Å²) in [5.41, 5.74) is 0. The van der Waals surface area contributed by atoms with Gasteiger partial charge in [0.1, 0.15) is 13.2 Å². The lowest BCUT2D eigenvalue weighted by Gasteiger charge is -2.31. The number of rotatable bonds is 12. The van der Waals surface area contributed by atoms with Gasteiger partial charge in [0.15, 0.2) is 0 Å². The Labute approximate surface area is 140 Å². The van der Waals surface area contributed by atoms with Crippen molar-refractivity contribution in [2.45, 2.75) is 24.6 Å². The smallest absolute Gasteiger partial charge is 0.460 e. The average Bonchev–Trinajstić information content (AvgIpc) is 2.46. The zero-order valence-corrected chi connectivity index (χ0v) is 16.8. The zero-order valence-electron chi connectivity index (χ0n) is 15.0. The molecule has 0 rings (SSSR count). The van der Waals surface area contributed by atoms with E-state index in [-0.39, 0.29) is 10.8 Å².